The molecule has 0 aromatic heterocycles. The minimum absolute atomic E-state index is 0.00430. The van der Waals surface area contributed by atoms with Gasteiger partial charge in [-0.1, -0.05) is 19.1 Å². The third-order valence-corrected chi connectivity index (χ3v) is 3.05. The molecule has 110 valence electrons. The molecule has 2 N–H and O–H groups in total. The summed E-state index contributed by atoms with van der Waals surface area (Å²) >= 11 is 0. The van der Waals surface area contributed by atoms with Gasteiger partial charge in [0.2, 0.25) is 5.91 Å². The first-order chi connectivity index (χ1) is 9.42. The summed E-state index contributed by atoms with van der Waals surface area (Å²) in [5.74, 6) is -0.423. The van der Waals surface area contributed by atoms with E-state index in [2.05, 4.69) is 5.32 Å². The number of carbonyl (C=O) groups is 2. The molecule has 0 radical (unpaired) electrons. The highest BCUT2D eigenvalue weighted by Gasteiger charge is 2.15. The van der Waals surface area contributed by atoms with Crippen molar-refractivity contribution in [1.29, 1.82) is 0 Å². The van der Waals surface area contributed by atoms with Gasteiger partial charge in [-0.15, -0.1) is 0 Å². The summed E-state index contributed by atoms with van der Waals surface area (Å²) < 4.78 is 5.08. The fourth-order valence-electron chi connectivity index (χ4n) is 1.96. The standard InChI is InChI=1S/C15H21NO4/c1-10(9-15(18)19)8-14(17)16-11(2)12-4-6-13(20-3)7-5-12/h4-7,10-11H,8-9H2,1-3H3,(H,16,17)(H,18,19)/t10?,11-/m0/s1. The van der Waals surface area contributed by atoms with E-state index in [4.69, 9.17) is 9.84 Å². The van der Waals surface area contributed by atoms with Gasteiger partial charge >= 0.3 is 5.97 Å². The Kier molecular flexibility index (Phi) is 6.03. The molecule has 0 aliphatic heterocycles. The molecule has 0 aliphatic carbocycles. The zero-order chi connectivity index (χ0) is 15.1. The van der Waals surface area contributed by atoms with E-state index < -0.39 is 5.97 Å². The molecule has 20 heavy (non-hydrogen) atoms. The van der Waals surface area contributed by atoms with Gasteiger partial charge in [-0.2, -0.15) is 0 Å². The second kappa shape index (κ2) is 7.53. The lowest BCUT2D eigenvalue weighted by molar-refractivity contribution is -0.138. The zero-order valence-electron chi connectivity index (χ0n) is 12.1. The smallest absolute Gasteiger partial charge is 0.303 e. The Bertz CT molecular complexity index is 455. The second-order valence-electron chi connectivity index (χ2n) is 4.97. The number of carbonyl (C=O) groups excluding carboxylic acids is 1. The first-order valence-corrected chi connectivity index (χ1v) is 6.57. The Morgan fingerprint density at radius 3 is 2.30 bits per heavy atom. The van der Waals surface area contributed by atoms with Gasteiger partial charge in [-0.05, 0) is 30.5 Å². The van der Waals surface area contributed by atoms with Gasteiger partial charge in [-0.25, -0.2) is 0 Å². The van der Waals surface area contributed by atoms with Crippen LogP contribution >= 0.6 is 0 Å². The predicted octanol–water partition coefficient (Wildman–Crippen LogP) is 2.37. The van der Waals surface area contributed by atoms with Crippen molar-refractivity contribution in [3.05, 3.63) is 29.8 Å². The van der Waals surface area contributed by atoms with Crippen LogP contribution in [-0.2, 0) is 9.59 Å². The van der Waals surface area contributed by atoms with E-state index in [-0.39, 0.29) is 30.7 Å². The molecule has 0 heterocycles. The fourth-order valence-corrected chi connectivity index (χ4v) is 1.96. The summed E-state index contributed by atoms with van der Waals surface area (Å²) in [6.07, 6.45) is 0.219. The molecule has 0 aliphatic rings. The number of methoxy groups -OCH3 is 1. The molecular weight excluding hydrogens is 258 g/mol. The first-order valence-electron chi connectivity index (χ1n) is 6.57. The lowest BCUT2D eigenvalue weighted by atomic mass is 10.0. The van der Waals surface area contributed by atoms with E-state index in [0.717, 1.165) is 11.3 Å². The highest BCUT2D eigenvalue weighted by atomic mass is 16.5. The van der Waals surface area contributed by atoms with Crippen LogP contribution in [0.5, 0.6) is 5.75 Å². The Labute approximate surface area is 118 Å². The van der Waals surface area contributed by atoms with Crippen LogP contribution in [0.1, 0.15) is 38.3 Å². The number of rotatable bonds is 7. The number of amides is 1. The van der Waals surface area contributed by atoms with E-state index in [1.54, 1.807) is 14.0 Å². The first kappa shape index (κ1) is 16.0. The number of ether oxygens (including phenoxy) is 1. The van der Waals surface area contributed by atoms with E-state index in [0.29, 0.717) is 0 Å². The van der Waals surface area contributed by atoms with Gasteiger partial charge in [0.05, 0.1) is 13.2 Å². The molecule has 2 atom stereocenters. The molecular formula is C15H21NO4. The van der Waals surface area contributed by atoms with Gasteiger partial charge in [0.25, 0.3) is 0 Å². The number of hydrogen-bond donors (Lipinski definition) is 2. The monoisotopic (exact) mass is 279 g/mol. The van der Waals surface area contributed by atoms with Gasteiger partial charge < -0.3 is 15.2 Å². The summed E-state index contributed by atoms with van der Waals surface area (Å²) in [5, 5.41) is 11.5. The molecule has 1 rings (SSSR count). The van der Waals surface area contributed by atoms with Crippen molar-refractivity contribution in [3.63, 3.8) is 0 Å². The maximum absolute atomic E-state index is 11.8. The number of nitrogens with one attached hydrogen (secondary N) is 1. The maximum Gasteiger partial charge on any atom is 0.303 e. The second-order valence-corrected chi connectivity index (χ2v) is 4.97. The van der Waals surface area contributed by atoms with Crippen LogP contribution in [0.4, 0.5) is 0 Å². The molecule has 1 amide bonds. The average Bonchev–Trinajstić information content (AvgIpc) is 2.37. The van der Waals surface area contributed by atoms with Crippen LogP contribution in [-0.4, -0.2) is 24.1 Å². The normalized spacial score (nSPS) is 13.3. The van der Waals surface area contributed by atoms with E-state index in [1.807, 2.05) is 31.2 Å². The molecule has 1 aromatic carbocycles. The summed E-state index contributed by atoms with van der Waals surface area (Å²) in [7, 11) is 1.60. The molecule has 0 saturated carbocycles. The SMILES string of the molecule is COc1ccc([C@H](C)NC(=O)CC(C)CC(=O)O)cc1. The van der Waals surface area contributed by atoms with Crippen LogP contribution in [0.25, 0.3) is 0 Å². The van der Waals surface area contributed by atoms with Crippen LogP contribution in [0.2, 0.25) is 0 Å². The van der Waals surface area contributed by atoms with E-state index in [1.165, 1.54) is 0 Å². The lowest BCUT2D eigenvalue weighted by Gasteiger charge is -2.16. The molecule has 1 aromatic rings. The number of hydrogen-bond acceptors (Lipinski definition) is 3. The Hall–Kier alpha value is -2.04. The Morgan fingerprint density at radius 1 is 1.20 bits per heavy atom. The molecule has 0 fully saturated rings. The number of carboxylic acids is 1. The number of aliphatic carboxylic acids is 1. The van der Waals surface area contributed by atoms with Crippen molar-refractivity contribution >= 4 is 11.9 Å². The predicted molar refractivity (Wildman–Crippen MR) is 75.6 cm³/mol. The van der Waals surface area contributed by atoms with E-state index >= 15 is 0 Å². The average molecular weight is 279 g/mol. The topological polar surface area (TPSA) is 75.6 Å². The summed E-state index contributed by atoms with van der Waals surface area (Å²) in [4.78, 5) is 22.4. The quantitative estimate of drug-likeness (QED) is 0.803. The highest BCUT2D eigenvalue weighted by molar-refractivity contribution is 5.77. The fraction of sp³-hybridized carbons (Fsp3) is 0.467. The third-order valence-electron chi connectivity index (χ3n) is 3.05. The van der Waals surface area contributed by atoms with Crippen molar-refractivity contribution in [2.75, 3.05) is 7.11 Å². The largest absolute Gasteiger partial charge is 0.497 e. The van der Waals surface area contributed by atoms with Gasteiger partial charge in [0.15, 0.2) is 0 Å². The highest BCUT2D eigenvalue weighted by Crippen LogP contribution is 2.17. The van der Waals surface area contributed by atoms with Crippen LogP contribution in [0.15, 0.2) is 24.3 Å². The van der Waals surface area contributed by atoms with Gasteiger partial charge in [0.1, 0.15) is 5.75 Å². The van der Waals surface area contributed by atoms with Crippen LogP contribution in [0, 0.1) is 5.92 Å². The van der Waals surface area contributed by atoms with Crippen LogP contribution < -0.4 is 10.1 Å². The van der Waals surface area contributed by atoms with Crippen molar-refractivity contribution in [2.24, 2.45) is 5.92 Å². The van der Waals surface area contributed by atoms with Crippen molar-refractivity contribution < 1.29 is 19.4 Å². The summed E-state index contributed by atoms with van der Waals surface area (Å²) in [6, 6.07) is 7.34. The molecule has 0 spiro atoms. The third kappa shape index (κ3) is 5.30. The lowest BCUT2D eigenvalue weighted by Crippen LogP contribution is -2.28. The van der Waals surface area contributed by atoms with Crippen molar-refractivity contribution in [2.45, 2.75) is 32.7 Å². The minimum Gasteiger partial charge on any atom is -0.497 e. The van der Waals surface area contributed by atoms with Crippen LogP contribution in [0.3, 0.4) is 0 Å². The maximum atomic E-state index is 11.8. The molecule has 5 nitrogen and oxygen atoms in total. The summed E-state index contributed by atoms with van der Waals surface area (Å²) in [6.45, 7) is 3.65. The molecule has 1 unspecified atom stereocenters. The van der Waals surface area contributed by atoms with Gasteiger partial charge in [0, 0.05) is 12.8 Å². The molecule has 5 heteroatoms. The van der Waals surface area contributed by atoms with Crippen molar-refractivity contribution in [1.82, 2.24) is 5.32 Å². The Balaban J connectivity index is 2.49. The minimum atomic E-state index is -0.881. The zero-order valence-corrected chi connectivity index (χ0v) is 12.1. The number of benzene rings is 1. The number of carboxylic acid groups (broad SMARTS) is 1. The summed E-state index contributed by atoms with van der Waals surface area (Å²) in [5.41, 5.74) is 0.977. The Morgan fingerprint density at radius 2 is 1.80 bits per heavy atom. The van der Waals surface area contributed by atoms with E-state index in [9.17, 15) is 9.59 Å². The molecule has 0 bridgehead atoms. The van der Waals surface area contributed by atoms with Gasteiger partial charge in [-0.3, -0.25) is 9.59 Å². The van der Waals surface area contributed by atoms with Crippen molar-refractivity contribution in [3.8, 4) is 5.75 Å². The molecule has 0 saturated heterocycles.